The van der Waals surface area contributed by atoms with E-state index in [1.165, 1.54) is 5.56 Å². The Morgan fingerprint density at radius 3 is 2.50 bits per heavy atom. The van der Waals surface area contributed by atoms with Crippen molar-refractivity contribution in [2.24, 2.45) is 5.92 Å². The molecule has 2 aromatic rings. The molecule has 2 atom stereocenters. The van der Waals surface area contributed by atoms with Gasteiger partial charge >= 0.3 is 0 Å². The molecule has 1 aliphatic heterocycles. The quantitative estimate of drug-likeness (QED) is 0.786. The lowest BCUT2D eigenvalue weighted by Gasteiger charge is -2.35. The smallest absolute Gasteiger partial charge is 0.296 e. The molecule has 0 aromatic heterocycles. The first kappa shape index (κ1) is 19.0. The highest BCUT2D eigenvalue weighted by Gasteiger charge is 2.30. The summed E-state index contributed by atoms with van der Waals surface area (Å²) < 4.78 is 29.9. The van der Waals surface area contributed by atoms with Crippen LogP contribution in [0.4, 0.5) is 0 Å². The monoisotopic (exact) mass is 375 g/mol. The van der Waals surface area contributed by atoms with Gasteiger partial charge in [-0.2, -0.15) is 8.42 Å². The van der Waals surface area contributed by atoms with Crippen molar-refractivity contribution in [2.45, 2.75) is 30.9 Å². The lowest BCUT2D eigenvalue weighted by Crippen LogP contribution is -2.44. The third-order valence-corrected chi connectivity index (χ3v) is 6.07. The molecule has 0 saturated carbocycles. The number of aliphatic hydroxyl groups is 1. The van der Waals surface area contributed by atoms with Crippen LogP contribution in [0.25, 0.3) is 0 Å². The summed E-state index contributed by atoms with van der Waals surface area (Å²) in [6, 6.07) is 16.7. The van der Waals surface area contributed by atoms with Crippen LogP contribution in [0.3, 0.4) is 0 Å². The zero-order valence-corrected chi connectivity index (χ0v) is 15.7. The molecule has 1 saturated heterocycles. The highest BCUT2D eigenvalue weighted by molar-refractivity contribution is 7.86. The average Bonchev–Trinajstić information content (AvgIpc) is 2.63. The summed E-state index contributed by atoms with van der Waals surface area (Å²) in [5.74, 6) is -0.229. The molecule has 26 heavy (non-hydrogen) atoms. The minimum atomic E-state index is -3.81. The minimum Gasteiger partial charge on any atom is -0.393 e. The predicted octanol–water partition coefficient (Wildman–Crippen LogP) is 2.58. The van der Waals surface area contributed by atoms with Crippen LogP contribution in [0.15, 0.2) is 59.5 Å². The largest absolute Gasteiger partial charge is 0.393 e. The van der Waals surface area contributed by atoms with Crippen LogP contribution in [0, 0.1) is 12.8 Å². The second-order valence-corrected chi connectivity index (χ2v) is 8.50. The van der Waals surface area contributed by atoms with Crippen LogP contribution in [0.5, 0.6) is 0 Å². The van der Waals surface area contributed by atoms with Gasteiger partial charge in [-0.25, -0.2) is 0 Å². The maximum atomic E-state index is 12.3. The molecular weight excluding hydrogens is 350 g/mol. The summed E-state index contributed by atoms with van der Waals surface area (Å²) in [6.07, 6.45) is 0.0704. The number of aliphatic hydroxyl groups excluding tert-OH is 1. The van der Waals surface area contributed by atoms with Gasteiger partial charge in [-0.05, 0) is 31.0 Å². The van der Waals surface area contributed by atoms with E-state index < -0.39 is 16.2 Å². The number of aryl methyl sites for hydroxylation is 1. The minimum absolute atomic E-state index is 0.0112. The Labute approximate surface area is 155 Å². The van der Waals surface area contributed by atoms with Crippen molar-refractivity contribution < 1.29 is 17.7 Å². The number of hydrogen-bond acceptors (Lipinski definition) is 5. The highest BCUT2D eigenvalue weighted by atomic mass is 32.2. The van der Waals surface area contributed by atoms with E-state index in [0.717, 1.165) is 18.7 Å². The third-order valence-electron chi connectivity index (χ3n) is 4.77. The van der Waals surface area contributed by atoms with Crippen LogP contribution < -0.4 is 0 Å². The number of benzene rings is 2. The molecule has 0 aliphatic carbocycles. The van der Waals surface area contributed by atoms with E-state index in [1.54, 1.807) is 24.3 Å². The van der Waals surface area contributed by atoms with Gasteiger partial charge in [0.05, 0.1) is 17.6 Å². The maximum Gasteiger partial charge on any atom is 0.296 e. The van der Waals surface area contributed by atoms with Gasteiger partial charge in [-0.15, -0.1) is 0 Å². The van der Waals surface area contributed by atoms with E-state index in [9.17, 15) is 13.5 Å². The van der Waals surface area contributed by atoms with Crippen LogP contribution in [-0.4, -0.2) is 44.2 Å². The molecule has 1 N–H and O–H groups in total. The Kier molecular flexibility index (Phi) is 6.09. The zero-order valence-electron chi connectivity index (χ0n) is 14.9. The first-order valence-corrected chi connectivity index (χ1v) is 10.3. The molecule has 0 amide bonds. The Morgan fingerprint density at radius 1 is 1.12 bits per heavy atom. The van der Waals surface area contributed by atoms with Gasteiger partial charge in [-0.3, -0.25) is 9.08 Å². The molecule has 1 aliphatic rings. The van der Waals surface area contributed by atoms with Crippen molar-refractivity contribution in [1.82, 2.24) is 4.90 Å². The molecule has 0 bridgehead atoms. The van der Waals surface area contributed by atoms with Gasteiger partial charge in [0.15, 0.2) is 0 Å². The third kappa shape index (κ3) is 4.92. The highest BCUT2D eigenvalue weighted by Crippen LogP contribution is 2.22. The summed E-state index contributed by atoms with van der Waals surface area (Å²) >= 11 is 0. The first-order valence-electron chi connectivity index (χ1n) is 8.84. The van der Waals surface area contributed by atoms with E-state index in [2.05, 4.69) is 17.0 Å². The van der Waals surface area contributed by atoms with Gasteiger partial charge in [-0.1, -0.05) is 48.0 Å². The van der Waals surface area contributed by atoms with Gasteiger partial charge in [0.25, 0.3) is 10.1 Å². The number of nitrogens with zero attached hydrogens (tertiary/aromatic N) is 1. The van der Waals surface area contributed by atoms with Crippen LogP contribution >= 0.6 is 0 Å². The summed E-state index contributed by atoms with van der Waals surface area (Å²) in [5, 5.41) is 10.3. The van der Waals surface area contributed by atoms with E-state index in [0.29, 0.717) is 13.0 Å². The SMILES string of the molecule is Cc1ccc(S(=O)(=O)OC[C@H]2CN(Cc3ccccc3)CC[C@@H]2O)cc1. The Bertz CT molecular complexity index is 805. The fourth-order valence-electron chi connectivity index (χ4n) is 3.19. The summed E-state index contributed by atoms with van der Waals surface area (Å²) in [5.41, 5.74) is 2.19. The normalized spacial score (nSPS) is 21.6. The lowest BCUT2D eigenvalue weighted by molar-refractivity contribution is 0.00406. The zero-order chi connectivity index (χ0) is 18.6. The second kappa shape index (κ2) is 8.31. The molecule has 3 rings (SSSR count). The average molecular weight is 375 g/mol. The Hall–Kier alpha value is -1.73. The van der Waals surface area contributed by atoms with Crippen molar-refractivity contribution in [3.63, 3.8) is 0 Å². The van der Waals surface area contributed by atoms with Crippen molar-refractivity contribution in [2.75, 3.05) is 19.7 Å². The van der Waals surface area contributed by atoms with E-state index >= 15 is 0 Å². The molecule has 2 aromatic carbocycles. The fraction of sp³-hybridized carbons (Fsp3) is 0.400. The molecule has 140 valence electrons. The van der Waals surface area contributed by atoms with Crippen molar-refractivity contribution >= 4 is 10.1 Å². The molecule has 1 fully saturated rings. The van der Waals surface area contributed by atoms with E-state index in [-0.39, 0.29) is 17.4 Å². The van der Waals surface area contributed by atoms with Crippen molar-refractivity contribution in [3.05, 3.63) is 65.7 Å². The molecule has 6 heteroatoms. The lowest BCUT2D eigenvalue weighted by atomic mass is 9.95. The van der Waals surface area contributed by atoms with E-state index in [1.807, 2.05) is 25.1 Å². The summed E-state index contributed by atoms with van der Waals surface area (Å²) in [7, 11) is -3.81. The summed E-state index contributed by atoms with van der Waals surface area (Å²) in [4.78, 5) is 2.38. The molecular formula is C20H25NO4S. The summed E-state index contributed by atoms with van der Waals surface area (Å²) in [6.45, 7) is 4.07. The Morgan fingerprint density at radius 2 is 1.81 bits per heavy atom. The van der Waals surface area contributed by atoms with Crippen molar-refractivity contribution in [1.29, 1.82) is 0 Å². The number of hydrogen-bond donors (Lipinski definition) is 1. The fourth-order valence-corrected chi connectivity index (χ4v) is 4.15. The standard InChI is InChI=1S/C20H25NO4S/c1-16-7-9-19(10-8-16)26(23,24)25-15-18-14-21(12-11-20(18)22)13-17-5-3-2-4-6-17/h2-10,18,20,22H,11-15H2,1H3/t18-,20+/m1/s1. The molecule has 1 heterocycles. The molecule has 0 radical (unpaired) electrons. The number of likely N-dealkylation sites (tertiary alicyclic amines) is 1. The molecule has 0 unspecified atom stereocenters. The van der Waals surface area contributed by atoms with Crippen LogP contribution in [0.2, 0.25) is 0 Å². The van der Waals surface area contributed by atoms with Crippen molar-refractivity contribution in [3.8, 4) is 0 Å². The number of piperidine rings is 1. The van der Waals surface area contributed by atoms with Gasteiger partial charge in [0.1, 0.15) is 0 Å². The molecule has 5 nitrogen and oxygen atoms in total. The van der Waals surface area contributed by atoms with E-state index in [4.69, 9.17) is 4.18 Å². The number of rotatable bonds is 6. The maximum absolute atomic E-state index is 12.3. The molecule has 0 spiro atoms. The second-order valence-electron chi connectivity index (χ2n) is 6.89. The Balaban J connectivity index is 1.60. The topological polar surface area (TPSA) is 66.8 Å². The van der Waals surface area contributed by atoms with Crippen LogP contribution in [-0.2, 0) is 20.8 Å². The van der Waals surface area contributed by atoms with Gasteiger partial charge in [0.2, 0.25) is 0 Å². The van der Waals surface area contributed by atoms with Crippen LogP contribution in [0.1, 0.15) is 17.5 Å². The van der Waals surface area contributed by atoms with Gasteiger partial charge < -0.3 is 5.11 Å². The van der Waals surface area contributed by atoms with Gasteiger partial charge in [0, 0.05) is 25.6 Å². The predicted molar refractivity (Wildman–Crippen MR) is 100 cm³/mol. The first-order chi connectivity index (χ1) is 12.4.